The second-order valence-corrected chi connectivity index (χ2v) is 12.3. The van der Waals surface area contributed by atoms with E-state index in [1.165, 1.54) is 34.6 Å². The molecule has 0 aromatic heterocycles. The van der Waals surface area contributed by atoms with Crippen LogP contribution in [-0.2, 0) is 24.8 Å². The first-order chi connectivity index (χ1) is 16.5. The van der Waals surface area contributed by atoms with Gasteiger partial charge in [-0.05, 0) is 57.0 Å². The van der Waals surface area contributed by atoms with Crippen LogP contribution in [0, 0.1) is 12.8 Å². The number of ether oxygens (including phenoxy) is 1. The van der Waals surface area contributed by atoms with E-state index in [4.69, 9.17) is 16.3 Å². The second kappa shape index (κ2) is 11.7. The molecule has 0 bridgehead atoms. The summed E-state index contributed by atoms with van der Waals surface area (Å²) < 4.78 is 60.0. The van der Waals surface area contributed by atoms with Gasteiger partial charge in [0.15, 0.2) is 0 Å². The van der Waals surface area contributed by atoms with E-state index in [9.17, 15) is 21.6 Å². The standard InChI is InChI=1S/C23H30ClN3O6S2/c1-3-33-22-11-10-20(15-21(22)24)35(31,32)27-14-4-5-18(16-27)23(28)25-12-13-26-34(29,30)19-8-6-17(2)7-9-19/h6-11,15,18,26H,3-5,12-14,16H2,1-2H3,(H,25,28)/t18-/m1/s1. The predicted molar refractivity (Wildman–Crippen MR) is 133 cm³/mol. The van der Waals surface area contributed by atoms with Crippen LogP contribution in [0.25, 0.3) is 0 Å². The Balaban J connectivity index is 1.55. The lowest BCUT2D eigenvalue weighted by atomic mass is 9.99. The fourth-order valence-electron chi connectivity index (χ4n) is 3.75. The van der Waals surface area contributed by atoms with Crippen LogP contribution < -0.4 is 14.8 Å². The Morgan fingerprint density at radius 3 is 2.43 bits per heavy atom. The molecule has 9 nitrogen and oxygen atoms in total. The molecule has 2 N–H and O–H groups in total. The largest absolute Gasteiger partial charge is 0.492 e. The predicted octanol–water partition coefficient (Wildman–Crippen LogP) is 2.54. The number of benzene rings is 2. The number of hydrogen-bond acceptors (Lipinski definition) is 6. The van der Waals surface area contributed by atoms with Crippen LogP contribution in [0.1, 0.15) is 25.3 Å². The Morgan fingerprint density at radius 1 is 1.09 bits per heavy atom. The summed E-state index contributed by atoms with van der Waals surface area (Å²) in [4.78, 5) is 12.9. The van der Waals surface area contributed by atoms with Gasteiger partial charge in [-0.1, -0.05) is 29.3 Å². The molecule has 1 fully saturated rings. The number of piperidine rings is 1. The highest BCUT2D eigenvalue weighted by Crippen LogP contribution is 2.30. The Kier molecular flexibility index (Phi) is 9.16. The fourth-order valence-corrected chi connectivity index (χ4v) is 6.64. The van der Waals surface area contributed by atoms with Crippen molar-refractivity contribution in [3.63, 3.8) is 0 Å². The van der Waals surface area contributed by atoms with Crippen LogP contribution in [-0.4, -0.2) is 59.8 Å². The van der Waals surface area contributed by atoms with Crippen molar-refractivity contribution >= 4 is 37.6 Å². The van der Waals surface area contributed by atoms with Crippen molar-refractivity contribution < 1.29 is 26.4 Å². The molecular weight excluding hydrogens is 514 g/mol. The summed E-state index contributed by atoms with van der Waals surface area (Å²) in [5.74, 6) is -0.448. The smallest absolute Gasteiger partial charge is 0.243 e. The van der Waals surface area contributed by atoms with Gasteiger partial charge in [0.25, 0.3) is 0 Å². The van der Waals surface area contributed by atoms with Gasteiger partial charge < -0.3 is 10.1 Å². The normalized spacial score (nSPS) is 17.2. The molecule has 0 unspecified atom stereocenters. The minimum atomic E-state index is -3.84. The van der Waals surface area contributed by atoms with Gasteiger partial charge in [0.1, 0.15) is 5.75 Å². The number of rotatable bonds is 10. The van der Waals surface area contributed by atoms with Crippen molar-refractivity contribution in [1.29, 1.82) is 0 Å². The van der Waals surface area contributed by atoms with E-state index < -0.39 is 26.0 Å². The van der Waals surface area contributed by atoms with Crippen LogP contribution in [0.4, 0.5) is 0 Å². The van der Waals surface area contributed by atoms with Crippen LogP contribution in [0.5, 0.6) is 5.75 Å². The molecule has 1 aliphatic heterocycles. The highest BCUT2D eigenvalue weighted by molar-refractivity contribution is 7.89. The van der Waals surface area contributed by atoms with Gasteiger partial charge in [0, 0.05) is 26.2 Å². The van der Waals surface area contributed by atoms with E-state index in [1.807, 2.05) is 6.92 Å². The molecule has 1 amide bonds. The van der Waals surface area contributed by atoms with E-state index in [1.54, 1.807) is 19.1 Å². The number of carbonyl (C=O) groups excluding carboxylic acids is 1. The zero-order valence-electron chi connectivity index (χ0n) is 19.7. The average Bonchev–Trinajstić information content (AvgIpc) is 2.83. The van der Waals surface area contributed by atoms with Gasteiger partial charge in [-0.25, -0.2) is 21.6 Å². The molecule has 3 rings (SSSR count). The maximum absolute atomic E-state index is 13.1. The molecule has 2 aromatic rings. The lowest BCUT2D eigenvalue weighted by Gasteiger charge is -2.31. The Bertz CT molecular complexity index is 1250. The van der Waals surface area contributed by atoms with Gasteiger partial charge in [-0.15, -0.1) is 0 Å². The van der Waals surface area contributed by atoms with E-state index in [0.29, 0.717) is 31.7 Å². The summed E-state index contributed by atoms with van der Waals surface area (Å²) in [6, 6.07) is 10.8. The third kappa shape index (κ3) is 6.95. The van der Waals surface area contributed by atoms with Crippen LogP contribution in [0.15, 0.2) is 52.3 Å². The quantitative estimate of drug-likeness (QED) is 0.444. The molecule has 0 saturated carbocycles. The SMILES string of the molecule is CCOc1ccc(S(=O)(=O)N2CCC[C@@H](C(=O)NCCNS(=O)(=O)c3ccc(C)cc3)C2)cc1Cl. The van der Waals surface area contributed by atoms with Crippen LogP contribution in [0.3, 0.4) is 0 Å². The van der Waals surface area contributed by atoms with Gasteiger partial charge >= 0.3 is 0 Å². The Morgan fingerprint density at radius 2 is 1.77 bits per heavy atom. The molecule has 1 aliphatic rings. The van der Waals surface area contributed by atoms with Gasteiger partial charge in [-0.3, -0.25) is 4.79 Å². The summed E-state index contributed by atoms with van der Waals surface area (Å²) in [6.07, 6.45) is 1.07. The molecule has 192 valence electrons. The van der Waals surface area contributed by atoms with Crippen molar-refractivity contribution in [1.82, 2.24) is 14.3 Å². The first-order valence-corrected chi connectivity index (χ1v) is 14.6. The monoisotopic (exact) mass is 543 g/mol. The second-order valence-electron chi connectivity index (χ2n) is 8.23. The van der Waals surface area contributed by atoms with Crippen molar-refractivity contribution in [2.75, 3.05) is 32.8 Å². The topological polar surface area (TPSA) is 122 Å². The summed E-state index contributed by atoms with van der Waals surface area (Å²) in [6.45, 7) is 4.51. The molecule has 0 aliphatic carbocycles. The number of carbonyl (C=O) groups is 1. The highest BCUT2D eigenvalue weighted by Gasteiger charge is 2.33. The maximum atomic E-state index is 13.1. The van der Waals surface area contributed by atoms with Crippen molar-refractivity contribution in [2.45, 2.75) is 36.5 Å². The number of aryl methyl sites for hydroxylation is 1. The van der Waals surface area contributed by atoms with Crippen molar-refractivity contribution in [3.8, 4) is 5.75 Å². The molecular formula is C23H30ClN3O6S2. The van der Waals surface area contributed by atoms with Gasteiger partial charge in [-0.2, -0.15) is 4.31 Å². The van der Waals surface area contributed by atoms with Gasteiger partial charge in [0.05, 0.1) is 27.3 Å². The number of nitrogens with zero attached hydrogens (tertiary/aromatic N) is 1. The lowest BCUT2D eigenvalue weighted by molar-refractivity contribution is -0.126. The Hall–Kier alpha value is -2.18. The summed E-state index contributed by atoms with van der Waals surface area (Å²) in [5, 5.41) is 2.90. The molecule has 2 aromatic carbocycles. The van der Waals surface area contributed by atoms with Crippen LogP contribution in [0.2, 0.25) is 5.02 Å². The average molecular weight is 544 g/mol. The molecule has 1 heterocycles. The minimum absolute atomic E-state index is 0.0152. The molecule has 35 heavy (non-hydrogen) atoms. The van der Waals surface area contributed by atoms with Crippen LogP contribution >= 0.6 is 11.6 Å². The third-order valence-electron chi connectivity index (χ3n) is 5.64. The van der Waals surface area contributed by atoms with E-state index in [0.717, 1.165) is 5.56 Å². The minimum Gasteiger partial charge on any atom is -0.492 e. The van der Waals surface area contributed by atoms with E-state index in [-0.39, 0.29) is 40.4 Å². The van der Waals surface area contributed by atoms with E-state index >= 15 is 0 Å². The third-order valence-corrected chi connectivity index (χ3v) is 9.28. The zero-order valence-corrected chi connectivity index (χ0v) is 22.0. The number of nitrogens with one attached hydrogen (secondary N) is 2. The molecule has 0 spiro atoms. The molecule has 12 heteroatoms. The molecule has 1 atom stereocenters. The lowest BCUT2D eigenvalue weighted by Crippen LogP contribution is -2.46. The van der Waals surface area contributed by atoms with Gasteiger partial charge in [0.2, 0.25) is 26.0 Å². The summed E-state index contributed by atoms with van der Waals surface area (Å²) in [7, 11) is -7.52. The van der Waals surface area contributed by atoms with Crippen molar-refractivity contribution in [3.05, 3.63) is 53.1 Å². The Labute approximate surface area is 211 Å². The number of halogens is 1. The van der Waals surface area contributed by atoms with E-state index in [2.05, 4.69) is 10.0 Å². The maximum Gasteiger partial charge on any atom is 0.243 e. The highest BCUT2D eigenvalue weighted by atomic mass is 35.5. The zero-order chi connectivity index (χ0) is 25.6. The number of amides is 1. The fraction of sp³-hybridized carbons (Fsp3) is 0.435. The number of sulfonamides is 2. The molecule has 0 radical (unpaired) electrons. The van der Waals surface area contributed by atoms with Crippen molar-refractivity contribution in [2.24, 2.45) is 5.92 Å². The summed E-state index contributed by atoms with van der Waals surface area (Å²) in [5.41, 5.74) is 0.949. The molecule has 1 saturated heterocycles. The summed E-state index contributed by atoms with van der Waals surface area (Å²) >= 11 is 6.16. The number of hydrogen-bond donors (Lipinski definition) is 2. The first-order valence-electron chi connectivity index (χ1n) is 11.3. The first kappa shape index (κ1) is 27.4.